The van der Waals surface area contributed by atoms with Crippen molar-refractivity contribution in [1.29, 1.82) is 0 Å². The molecule has 2 heterocycles. The number of amides is 1. The van der Waals surface area contributed by atoms with Crippen LogP contribution in [0.4, 0.5) is 20.9 Å². The number of carbonyl (C=O) groups excluding carboxylic acids is 1. The quantitative estimate of drug-likeness (QED) is 0.546. The molecule has 26 heavy (non-hydrogen) atoms. The number of hydrogen-bond acceptors (Lipinski definition) is 4. The number of aromatic amines is 1. The zero-order valence-corrected chi connectivity index (χ0v) is 14.7. The Hall–Kier alpha value is -3.19. The smallest absolute Gasteiger partial charge is 0.273 e. The van der Waals surface area contributed by atoms with E-state index in [1.54, 1.807) is 24.4 Å². The Bertz CT molecular complexity index is 1070. The number of nitrogens with zero attached hydrogens (tertiary/aromatic N) is 2. The molecule has 1 amide bonds. The van der Waals surface area contributed by atoms with Crippen molar-refractivity contribution in [1.82, 2.24) is 9.97 Å². The summed E-state index contributed by atoms with van der Waals surface area (Å²) < 4.78 is 14.4. The molecule has 5 nitrogen and oxygen atoms in total. The Morgan fingerprint density at radius 1 is 1.15 bits per heavy atom. The number of H-pyrrole nitrogens is 1. The summed E-state index contributed by atoms with van der Waals surface area (Å²) in [7, 11) is 1.88. The fraction of sp³-hybridized carbons (Fsp3) is 0.0526. The number of benzene rings is 2. The van der Waals surface area contributed by atoms with Gasteiger partial charge in [0.2, 0.25) is 0 Å². The monoisotopic (exact) mass is 366 g/mol. The Morgan fingerprint density at radius 2 is 2.00 bits per heavy atom. The van der Waals surface area contributed by atoms with E-state index in [-0.39, 0.29) is 11.7 Å². The molecule has 2 aromatic heterocycles. The van der Waals surface area contributed by atoms with E-state index >= 15 is 0 Å². The van der Waals surface area contributed by atoms with E-state index in [4.69, 9.17) is 0 Å². The van der Waals surface area contributed by atoms with Gasteiger partial charge in [0, 0.05) is 24.6 Å². The van der Waals surface area contributed by atoms with Crippen molar-refractivity contribution >= 4 is 44.0 Å². The van der Waals surface area contributed by atoms with Gasteiger partial charge in [-0.3, -0.25) is 10.1 Å². The molecule has 4 rings (SSSR count). The van der Waals surface area contributed by atoms with E-state index in [1.807, 2.05) is 36.2 Å². The van der Waals surface area contributed by atoms with Gasteiger partial charge in [0.1, 0.15) is 11.5 Å². The molecule has 0 saturated carbocycles. The van der Waals surface area contributed by atoms with Crippen LogP contribution in [0.2, 0.25) is 0 Å². The number of carbonyl (C=O) groups is 1. The summed E-state index contributed by atoms with van der Waals surface area (Å²) in [5.41, 5.74) is 2.95. The van der Waals surface area contributed by atoms with Crippen LogP contribution in [0.25, 0.3) is 10.2 Å². The predicted octanol–water partition coefficient (Wildman–Crippen LogP) is 4.78. The number of rotatable bonds is 4. The lowest BCUT2D eigenvalue weighted by molar-refractivity contribution is 0.102. The first-order valence-corrected chi connectivity index (χ1v) is 8.76. The summed E-state index contributed by atoms with van der Waals surface area (Å²) in [5, 5.41) is 3.33. The first-order valence-electron chi connectivity index (χ1n) is 7.95. The first kappa shape index (κ1) is 16.3. The maximum absolute atomic E-state index is 13.5. The summed E-state index contributed by atoms with van der Waals surface area (Å²) in [6.45, 7) is 0. The highest BCUT2D eigenvalue weighted by atomic mass is 32.1. The van der Waals surface area contributed by atoms with E-state index in [9.17, 15) is 9.18 Å². The molecule has 2 N–H and O–H groups in total. The number of fused-ring (bicyclic) bond motifs is 1. The van der Waals surface area contributed by atoms with Gasteiger partial charge >= 0.3 is 0 Å². The van der Waals surface area contributed by atoms with E-state index in [1.165, 1.54) is 23.5 Å². The van der Waals surface area contributed by atoms with Crippen molar-refractivity contribution in [3.8, 4) is 0 Å². The standard InChI is InChI=1S/C19H15FN4OS/c1-24(13-5-2-4-12(20)10-13)14-7-8-15-17(11-14)26-19(22-15)23-18(25)16-6-3-9-21-16/h2-11,21H,1H3,(H,22,23,25). The third-order valence-electron chi connectivity index (χ3n) is 4.02. The van der Waals surface area contributed by atoms with E-state index < -0.39 is 0 Å². The summed E-state index contributed by atoms with van der Waals surface area (Å²) in [6, 6.07) is 15.7. The molecule has 0 bridgehead atoms. The lowest BCUT2D eigenvalue weighted by Gasteiger charge is -2.19. The van der Waals surface area contributed by atoms with Gasteiger partial charge in [0.25, 0.3) is 5.91 Å². The van der Waals surface area contributed by atoms with Gasteiger partial charge in [0.05, 0.1) is 10.2 Å². The van der Waals surface area contributed by atoms with Gasteiger partial charge in [-0.25, -0.2) is 9.37 Å². The highest BCUT2D eigenvalue weighted by Gasteiger charge is 2.12. The maximum Gasteiger partial charge on any atom is 0.273 e. The summed E-state index contributed by atoms with van der Waals surface area (Å²) in [5.74, 6) is -0.506. The fourth-order valence-corrected chi connectivity index (χ4v) is 3.54. The normalized spacial score (nSPS) is 10.8. The van der Waals surface area contributed by atoms with Gasteiger partial charge in [-0.1, -0.05) is 17.4 Å². The number of nitrogens with one attached hydrogen (secondary N) is 2. The lowest BCUT2D eigenvalue weighted by Crippen LogP contribution is -2.11. The van der Waals surface area contributed by atoms with Crippen molar-refractivity contribution in [3.05, 3.63) is 72.3 Å². The van der Waals surface area contributed by atoms with Crippen molar-refractivity contribution in [2.24, 2.45) is 0 Å². The molecule has 0 saturated heterocycles. The molecule has 0 atom stereocenters. The molecule has 4 aromatic rings. The molecule has 2 aromatic carbocycles. The van der Waals surface area contributed by atoms with Gasteiger partial charge < -0.3 is 9.88 Å². The molecule has 0 aliphatic carbocycles. The van der Waals surface area contributed by atoms with Crippen LogP contribution in [0.1, 0.15) is 10.5 Å². The molecule has 0 aliphatic rings. The van der Waals surface area contributed by atoms with E-state index in [2.05, 4.69) is 15.3 Å². The van der Waals surface area contributed by atoms with Crippen LogP contribution in [-0.4, -0.2) is 22.9 Å². The lowest BCUT2D eigenvalue weighted by atomic mass is 10.2. The number of halogens is 1. The van der Waals surface area contributed by atoms with Crippen molar-refractivity contribution in [2.45, 2.75) is 0 Å². The largest absolute Gasteiger partial charge is 0.357 e. The van der Waals surface area contributed by atoms with Crippen LogP contribution in [0.5, 0.6) is 0 Å². The predicted molar refractivity (Wildman–Crippen MR) is 103 cm³/mol. The average molecular weight is 366 g/mol. The third kappa shape index (κ3) is 3.16. The molecule has 0 spiro atoms. The number of thiazole rings is 1. The second-order valence-corrected chi connectivity index (χ2v) is 6.78. The Balaban J connectivity index is 1.60. The number of aromatic nitrogens is 2. The molecule has 0 radical (unpaired) electrons. The summed E-state index contributed by atoms with van der Waals surface area (Å²) >= 11 is 1.40. The third-order valence-corrected chi connectivity index (χ3v) is 4.95. The fourth-order valence-electron chi connectivity index (χ4n) is 2.65. The molecule has 0 fully saturated rings. The summed E-state index contributed by atoms with van der Waals surface area (Å²) in [4.78, 5) is 21.3. The number of hydrogen-bond donors (Lipinski definition) is 2. The van der Waals surface area contributed by atoms with Gasteiger partial charge in [0.15, 0.2) is 5.13 Å². The zero-order chi connectivity index (χ0) is 18.1. The molecule has 130 valence electrons. The minimum absolute atomic E-state index is 0.230. The van der Waals surface area contributed by atoms with Crippen LogP contribution in [-0.2, 0) is 0 Å². The highest BCUT2D eigenvalue weighted by Crippen LogP contribution is 2.32. The Labute approximate surface area is 153 Å². The average Bonchev–Trinajstić information content (AvgIpc) is 3.29. The molecule has 0 aliphatic heterocycles. The molecule has 0 unspecified atom stereocenters. The minimum atomic E-state index is -0.275. The zero-order valence-electron chi connectivity index (χ0n) is 13.9. The first-order chi connectivity index (χ1) is 12.6. The minimum Gasteiger partial charge on any atom is -0.357 e. The van der Waals surface area contributed by atoms with Crippen LogP contribution < -0.4 is 10.2 Å². The second kappa shape index (κ2) is 6.61. The molecule has 7 heteroatoms. The topological polar surface area (TPSA) is 61.0 Å². The highest BCUT2D eigenvalue weighted by molar-refractivity contribution is 7.22. The van der Waals surface area contributed by atoms with Gasteiger partial charge in [-0.05, 0) is 48.5 Å². The van der Waals surface area contributed by atoms with E-state index in [0.717, 1.165) is 21.6 Å². The van der Waals surface area contributed by atoms with Crippen LogP contribution in [0, 0.1) is 5.82 Å². The second-order valence-electron chi connectivity index (χ2n) is 5.75. The summed E-state index contributed by atoms with van der Waals surface area (Å²) in [6.07, 6.45) is 1.70. The Morgan fingerprint density at radius 3 is 2.77 bits per heavy atom. The van der Waals surface area contributed by atoms with Crippen molar-refractivity contribution in [2.75, 3.05) is 17.3 Å². The van der Waals surface area contributed by atoms with Crippen LogP contribution >= 0.6 is 11.3 Å². The van der Waals surface area contributed by atoms with Crippen molar-refractivity contribution in [3.63, 3.8) is 0 Å². The number of anilines is 3. The van der Waals surface area contributed by atoms with Gasteiger partial charge in [-0.2, -0.15) is 0 Å². The maximum atomic E-state index is 13.5. The van der Waals surface area contributed by atoms with Crippen LogP contribution in [0.3, 0.4) is 0 Å². The van der Waals surface area contributed by atoms with Gasteiger partial charge in [-0.15, -0.1) is 0 Å². The van der Waals surface area contributed by atoms with Crippen molar-refractivity contribution < 1.29 is 9.18 Å². The SMILES string of the molecule is CN(c1cccc(F)c1)c1ccc2nc(NC(=O)c3ccc[nH]3)sc2c1. The van der Waals surface area contributed by atoms with E-state index in [0.29, 0.717) is 10.8 Å². The Kier molecular flexibility index (Phi) is 4.14. The molecular weight excluding hydrogens is 351 g/mol. The molecular formula is C19H15FN4OS. The van der Waals surface area contributed by atoms with Crippen LogP contribution in [0.15, 0.2) is 60.8 Å².